The van der Waals surface area contributed by atoms with E-state index in [2.05, 4.69) is 0 Å². The van der Waals surface area contributed by atoms with E-state index in [1.165, 1.54) is 0 Å². The molecule has 0 unspecified atom stereocenters. The monoisotopic (exact) mass is 245 g/mol. The van der Waals surface area contributed by atoms with Gasteiger partial charge >= 0.3 is 0 Å². The standard InChI is InChI=1S/C14H15NO3/c1-8-5-10(9(2)18-8)11-6-13-14(7-12(11)15)17-4-3-16-13/h5-7H,3-4,15H2,1-2H3. The number of hydrogen-bond acceptors (Lipinski definition) is 4. The molecule has 0 aliphatic carbocycles. The fraction of sp³-hybridized carbons (Fsp3) is 0.286. The number of anilines is 1. The van der Waals surface area contributed by atoms with E-state index in [4.69, 9.17) is 19.6 Å². The number of ether oxygens (including phenoxy) is 2. The average molecular weight is 245 g/mol. The zero-order valence-electron chi connectivity index (χ0n) is 10.4. The summed E-state index contributed by atoms with van der Waals surface area (Å²) in [6.07, 6.45) is 0. The minimum absolute atomic E-state index is 0.565. The molecule has 4 heteroatoms. The lowest BCUT2D eigenvalue weighted by molar-refractivity contribution is 0.172. The summed E-state index contributed by atoms with van der Waals surface area (Å²) in [5, 5.41) is 0. The van der Waals surface area contributed by atoms with Crippen molar-refractivity contribution in [3.8, 4) is 22.6 Å². The topological polar surface area (TPSA) is 57.6 Å². The number of aryl methyl sites for hydroxylation is 2. The molecule has 0 saturated carbocycles. The number of fused-ring (bicyclic) bond motifs is 1. The van der Waals surface area contributed by atoms with Gasteiger partial charge in [-0.1, -0.05) is 0 Å². The molecule has 4 nitrogen and oxygen atoms in total. The first kappa shape index (κ1) is 11.0. The van der Waals surface area contributed by atoms with E-state index >= 15 is 0 Å². The summed E-state index contributed by atoms with van der Waals surface area (Å²) in [6.45, 7) is 4.98. The minimum Gasteiger partial charge on any atom is -0.486 e. The molecular weight excluding hydrogens is 230 g/mol. The van der Waals surface area contributed by atoms with Crippen molar-refractivity contribution < 1.29 is 13.9 Å². The number of nitrogens with two attached hydrogens (primary N) is 1. The first-order valence-electron chi connectivity index (χ1n) is 5.91. The summed E-state index contributed by atoms with van der Waals surface area (Å²) in [7, 11) is 0. The van der Waals surface area contributed by atoms with E-state index in [1.807, 2.05) is 32.0 Å². The van der Waals surface area contributed by atoms with Gasteiger partial charge in [-0.3, -0.25) is 0 Å². The highest BCUT2D eigenvalue weighted by Gasteiger charge is 2.17. The summed E-state index contributed by atoms with van der Waals surface area (Å²) >= 11 is 0. The Balaban J connectivity index is 2.15. The molecule has 2 N–H and O–H groups in total. The summed E-state index contributed by atoms with van der Waals surface area (Å²) < 4.78 is 16.6. The Hall–Kier alpha value is -2.10. The number of nitrogen functional groups attached to an aromatic ring is 1. The van der Waals surface area contributed by atoms with Crippen LogP contribution in [0.4, 0.5) is 5.69 Å². The van der Waals surface area contributed by atoms with Crippen molar-refractivity contribution in [1.29, 1.82) is 0 Å². The Morgan fingerprint density at radius 3 is 2.22 bits per heavy atom. The average Bonchev–Trinajstić information content (AvgIpc) is 2.67. The Labute approximate surface area is 105 Å². The van der Waals surface area contributed by atoms with E-state index in [1.54, 1.807) is 0 Å². The van der Waals surface area contributed by atoms with E-state index in [0.717, 1.165) is 28.4 Å². The molecular formula is C14H15NO3. The van der Waals surface area contributed by atoms with Crippen LogP contribution in [0.2, 0.25) is 0 Å². The van der Waals surface area contributed by atoms with Gasteiger partial charge in [0.25, 0.3) is 0 Å². The van der Waals surface area contributed by atoms with E-state index in [-0.39, 0.29) is 0 Å². The SMILES string of the molecule is Cc1cc(-c2cc3c(cc2N)OCCO3)c(C)o1. The molecule has 0 spiro atoms. The molecule has 1 aromatic carbocycles. The molecule has 2 aromatic rings. The molecule has 2 heterocycles. The number of rotatable bonds is 1. The van der Waals surface area contributed by atoms with Gasteiger partial charge in [-0.15, -0.1) is 0 Å². The Bertz CT molecular complexity index is 601. The zero-order valence-corrected chi connectivity index (χ0v) is 10.4. The maximum atomic E-state index is 6.08. The van der Waals surface area contributed by atoms with Gasteiger partial charge in [-0.05, 0) is 26.0 Å². The quantitative estimate of drug-likeness (QED) is 0.785. The van der Waals surface area contributed by atoms with Gasteiger partial charge < -0.3 is 19.6 Å². The zero-order chi connectivity index (χ0) is 12.7. The number of furan rings is 1. The van der Waals surface area contributed by atoms with Crippen LogP contribution in [0.25, 0.3) is 11.1 Å². The van der Waals surface area contributed by atoms with Gasteiger partial charge in [0.15, 0.2) is 11.5 Å². The molecule has 0 bridgehead atoms. The molecule has 1 aliphatic heterocycles. The third-order valence-electron chi connectivity index (χ3n) is 3.05. The van der Waals surface area contributed by atoms with Crippen LogP contribution in [0.3, 0.4) is 0 Å². The summed E-state index contributed by atoms with van der Waals surface area (Å²) in [5.74, 6) is 3.18. The highest BCUT2D eigenvalue weighted by atomic mass is 16.6. The van der Waals surface area contributed by atoms with E-state index in [9.17, 15) is 0 Å². The minimum atomic E-state index is 0.565. The van der Waals surface area contributed by atoms with Crippen LogP contribution in [-0.2, 0) is 0 Å². The predicted octanol–water partition coefficient (Wildman–Crippen LogP) is 2.92. The molecule has 0 saturated heterocycles. The Morgan fingerprint density at radius 1 is 0.944 bits per heavy atom. The second-order valence-corrected chi connectivity index (χ2v) is 4.41. The van der Waals surface area contributed by atoms with Crippen molar-refractivity contribution in [3.63, 3.8) is 0 Å². The van der Waals surface area contributed by atoms with Crippen molar-refractivity contribution in [3.05, 3.63) is 29.7 Å². The van der Waals surface area contributed by atoms with Crippen LogP contribution in [0.15, 0.2) is 22.6 Å². The third-order valence-corrected chi connectivity index (χ3v) is 3.05. The Morgan fingerprint density at radius 2 is 1.61 bits per heavy atom. The molecule has 3 rings (SSSR count). The van der Waals surface area contributed by atoms with Crippen molar-refractivity contribution >= 4 is 5.69 Å². The third kappa shape index (κ3) is 1.70. The molecule has 0 amide bonds. The molecule has 18 heavy (non-hydrogen) atoms. The van der Waals surface area contributed by atoms with Crippen LogP contribution < -0.4 is 15.2 Å². The smallest absolute Gasteiger partial charge is 0.163 e. The highest BCUT2D eigenvalue weighted by Crippen LogP contribution is 2.40. The predicted molar refractivity (Wildman–Crippen MR) is 69.0 cm³/mol. The molecule has 0 radical (unpaired) electrons. The molecule has 1 aromatic heterocycles. The van der Waals surface area contributed by atoms with Crippen LogP contribution in [0.1, 0.15) is 11.5 Å². The van der Waals surface area contributed by atoms with Crippen molar-refractivity contribution in [2.75, 3.05) is 18.9 Å². The maximum absolute atomic E-state index is 6.08. The fourth-order valence-corrected chi connectivity index (χ4v) is 2.24. The lowest BCUT2D eigenvalue weighted by Crippen LogP contribution is -2.15. The van der Waals surface area contributed by atoms with Crippen LogP contribution >= 0.6 is 0 Å². The number of hydrogen-bond donors (Lipinski definition) is 1. The Kier molecular flexibility index (Phi) is 2.44. The lowest BCUT2D eigenvalue weighted by Gasteiger charge is -2.20. The van der Waals surface area contributed by atoms with Gasteiger partial charge in [-0.25, -0.2) is 0 Å². The normalized spacial score (nSPS) is 13.7. The van der Waals surface area contributed by atoms with Gasteiger partial charge in [0, 0.05) is 22.9 Å². The molecule has 0 atom stereocenters. The summed E-state index contributed by atoms with van der Waals surface area (Å²) in [4.78, 5) is 0. The van der Waals surface area contributed by atoms with E-state index < -0.39 is 0 Å². The maximum Gasteiger partial charge on any atom is 0.163 e. The van der Waals surface area contributed by atoms with Crippen LogP contribution in [0.5, 0.6) is 11.5 Å². The van der Waals surface area contributed by atoms with Crippen LogP contribution in [-0.4, -0.2) is 13.2 Å². The summed E-state index contributed by atoms with van der Waals surface area (Å²) in [5.41, 5.74) is 8.67. The van der Waals surface area contributed by atoms with Gasteiger partial charge in [0.2, 0.25) is 0 Å². The van der Waals surface area contributed by atoms with Crippen molar-refractivity contribution in [2.24, 2.45) is 0 Å². The van der Waals surface area contributed by atoms with Gasteiger partial charge in [-0.2, -0.15) is 0 Å². The lowest BCUT2D eigenvalue weighted by atomic mass is 10.0. The summed E-state index contributed by atoms with van der Waals surface area (Å²) in [6, 6.07) is 5.71. The molecule has 94 valence electrons. The van der Waals surface area contributed by atoms with E-state index in [0.29, 0.717) is 24.7 Å². The largest absolute Gasteiger partial charge is 0.486 e. The fourth-order valence-electron chi connectivity index (χ4n) is 2.24. The van der Waals surface area contributed by atoms with Gasteiger partial charge in [0.05, 0.1) is 0 Å². The van der Waals surface area contributed by atoms with Gasteiger partial charge in [0.1, 0.15) is 24.7 Å². The highest BCUT2D eigenvalue weighted by molar-refractivity contribution is 5.81. The first-order valence-corrected chi connectivity index (χ1v) is 5.91. The van der Waals surface area contributed by atoms with Crippen molar-refractivity contribution in [2.45, 2.75) is 13.8 Å². The second-order valence-electron chi connectivity index (χ2n) is 4.41. The van der Waals surface area contributed by atoms with Crippen LogP contribution in [0, 0.1) is 13.8 Å². The first-order chi connectivity index (χ1) is 8.65. The van der Waals surface area contributed by atoms with Crippen molar-refractivity contribution in [1.82, 2.24) is 0 Å². The second kappa shape index (κ2) is 3.98. The number of benzene rings is 1. The molecule has 0 fully saturated rings. The molecule has 1 aliphatic rings.